The summed E-state index contributed by atoms with van der Waals surface area (Å²) >= 11 is 0. The van der Waals surface area contributed by atoms with Gasteiger partial charge in [0.05, 0.1) is 20.1 Å². The van der Waals surface area contributed by atoms with Crippen LogP contribution in [0, 0.1) is 5.92 Å². The van der Waals surface area contributed by atoms with Crippen molar-refractivity contribution >= 4 is 17.6 Å². The number of carbonyl (C=O) groups excluding carboxylic acids is 2. The molecule has 2 N–H and O–H groups in total. The van der Waals surface area contributed by atoms with Gasteiger partial charge >= 0.3 is 6.03 Å². The van der Waals surface area contributed by atoms with Crippen molar-refractivity contribution in [1.29, 1.82) is 0 Å². The molecule has 36 heavy (non-hydrogen) atoms. The molecule has 4 rings (SSSR count). The molecule has 0 bridgehead atoms. The predicted molar refractivity (Wildman–Crippen MR) is 141 cm³/mol. The summed E-state index contributed by atoms with van der Waals surface area (Å²) in [4.78, 5) is 28.1. The van der Waals surface area contributed by atoms with E-state index in [0.29, 0.717) is 37.5 Å². The Hall–Kier alpha value is -4.00. The van der Waals surface area contributed by atoms with Crippen LogP contribution in [0.2, 0.25) is 0 Å². The van der Waals surface area contributed by atoms with Crippen molar-refractivity contribution in [3.05, 3.63) is 90.0 Å². The van der Waals surface area contributed by atoms with E-state index in [1.54, 1.807) is 25.2 Å². The second-order valence-corrected chi connectivity index (χ2v) is 9.00. The molecule has 0 aromatic heterocycles. The number of amides is 3. The SMILES string of the molecule is COc1ccc(CCNC(=O)C2CC(c3ccccc3)CN(C(=O)Nc3cccc(OC)c3)C2)cc1. The number of nitrogens with zero attached hydrogens (tertiary/aromatic N) is 1. The highest BCUT2D eigenvalue weighted by molar-refractivity contribution is 5.90. The van der Waals surface area contributed by atoms with E-state index in [0.717, 1.165) is 23.3 Å². The van der Waals surface area contributed by atoms with Crippen molar-refractivity contribution in [3.8, 4) is 11.5 Å². The maximum Gasteiger partial charge on any atom is 0.321 e. The lowest BCUT2D eigenvalue weighted by molar-refractivity contribution is -0.126. The van der Waals surface area contributed by atoms with E-state index in [1.807, 2.05) is 60.7 Å². The number of hydrogen-bond donors (Lipinski definition) is 2. The lowest BCUT2D eigenvalue weighted by Crippen LogP contribution is -2.49. The number of urea groups is 1. The summed E-state index contributed by atoms with van der Waals surface area (Å²) in [5, 5.41) is 6.04. The van der Waals surface area contributed by atoms with Crippen molar-refractivity contribution in [2.45, 2.75) is 18.8 Å². The maximum atomic E-state index is 13.2. The lowest BCUT2D eigenvalue weighted by atomic mass is 9.84. The number of ether oxygens (including phenoxy) is 2. The zero-order valence-corrected chi connectivity index (χ0v) is 20.8. The second kappa shape index (κ2) is 12.1. The van der Waals surface area contributed by atoms with Gasteiger partial charge in [0.1, 0.15) is 11.5 Å². The Morgan fingerprint density at radius 2 is 1.64 bits per heavy atom. The Morgan fingerprint density at radius 3 is 2.36 bits per heavy atom. The first-order valence-electron chi connectivity index (χ1n) is 12.2. The minimum atomic E-state index is -0.295. The number of likely N-dealkylation sites (tertiary alicyclic amines) is 1. The molecule has 0 saturated carbocycles. The van der Waals surface area contributed by atoms with E-state index in [-0.39, 0.29) is 23.8 Å². The molecule has 0 aliphatic carbocycles. The highest BCUT2D eigenvalue weighted by Crippen LogP contribution is 2.31. The first-order valence-corrected chi connectivity index (χ1v) is 12.2. The summed E-state index contributed by atoms with van der Waals surface area (Å²) < 4.78 is 10.5. The van der Waals surface area contributed by atoms with Crippen LogP contribution in [-0.4, -0.2) is 50.7 Å². The second-order valence-electron chi connectivity index (χ2n) is 9.00. The molecule has 3 aromatic rings. The molecule has 0 radical (unpaired) electrons. The van der Waals surface area contributed by atoms with Gasteiger partial charge in [-0.1, -0.05) is 48.5 Å². The molecule has 1 saturated heterocycles. The quantitative estimate of drug-likeness (QED) is 0.483. The van der Waals surface area contributed by atoms with E-state index in [4.69, 9.17) is 9.47 Å². The van der Waals surface area contributed by atoms with Crippen LogP contribution in [0.5, 0.6) is 11.5 Å². The van der Waals surface area contributed by atoms with Gasteiger partial charge in [-0.3, -0.25) is 4.79 Å². The molecule has 1 aliphatic rings. The van der Waals surface area contributed by atoms with Crippen LogP contribution in [0.3, 0.4) is 0 Å². The van der Waals surface area contributed by atoms with Crippen molar-refractivity contribution in [2.24, 2.45) is 5.92 Å². The predicted octanol–water partition coefficient (Wildman–Crippen LogP) is 4.70. The molecule has 3 amide bonds. The fourth-order valence-electron chi connectivity index (χ4n) is 4.59. The molecule has 2 atom stereocenters. The third-order valence-electron chi connectivity index (χ3n) is 6.57. The van der Waals surface area contributed by atoms with Crippen LogP contribution >= 0.6 is 0 Å². The van der Waals surface area contributed by atoms with E-state index in [1.165, 1.54) is 0 Å². The van der Waals surface area contributed by atoms with Crippen LogP contribution in [0.1, 0.15) is 23.5 Å². The molecule has 188 valence electrons. The fourth-order valence-corrected chi connectivity index (χ4v) is 4.59. The minimum absolute atomic E-state index is 0.0247. The molecule has 2 unspecified atom stereocenters. The van der Waals surface area contributed by atoms with Crippen LogP contribution < -0.4 is 20.1 Å². The first kappa shape index (κ1) is 25.1. The molecular weight excluding hydrogens is 454 g/mol. The van der Waals surface area contributed by atoms with Gasteiger partial charge in [-0.2, -0.15) is 0 Å². The number of carbonyl (C=O) groups is 2. The molecule has 0 spiro atoms. The van der Waals surface area contributed by atoms with Crippen molar-refractivity contribution < 1.29 is 19.1 Å². The zero-order valence-electron chi connectivity index (χ0n) is 20.8. The zero-order chi connectivity index (χ0) is 25.3. The maximum absolute atomic E-state index is 13.2. The van der Waals surface area contributed by atoms with Gasteiger partial charge in [0.25, 0.3) is 0 Å². The van der Waals surface area contributed by atoms with E-state index < -0.39 is 0 Å². The molecule has 3 aromatic carbocycles. The van der Waals surface area contributed by atoms with E-state index >= 15 is 0 Å². The number of nitrogens with one attached hydrogen (secondary N) is 2. The van der Waals surface area contributed by atoms with Crippen LogP contribution in [-0.2, 0) is 11.2 Å². The van der Waals surface area contributed by atoms with E-state index in [9.17, 15) is 9.59 Å². The van der Waals surface area contributed by atoms with Gasteiger partial charge in [-0.05, 0) is 48.2 Å². The molecule has 7 nitrogen and oxygen atoms in total. The molecule has 7 heteroatoms. The summed E-state index contributed by atoms with van der Waals surface area (Å²) in [6.07, 6.45) is 1.42. The third-order valence-corrected chi connectivity index (χ3v) is 6.57. The van der Waals surface area contributed by atoms with Gasteiger partial charge < -0.3 is 25.0 Å². The molecule has 1 heterocycles. The number of piperidine rings is 1. The van der Waals surface area contributed by atoms with Gasteiger partial charge in [0, 0.05) is 37.3 Å². The fraction of sp³-hybridized carbons (Fsp3) is 0.310. The van der Waals surface area contributed by atoms with Crippen molar-refractivity contribution in [1.82, 2.24) is 10.2 Å². The van der Waals surface area contributed by atoms with E-state index in [2.05, 4.69) is 22.8 Å². The largest absolute Gasteiger partial charge is 0.497 e. The smallest absolute Gasteiger partial charge is 0.321 e. The number of hydrogen-bond acceptors (Lipinski definition) is 4. The first-order chi connectivity index (χ1) is 17.6. The Morgan fingerprint density at radius 1 is 0.889 bits per heavy atom. The highest BCUT2D eigenvalue weighted by atomic mass is 16.5. The summed E-state index contributed by atoms with van der Waals surface area (Å²) in [6.45, 7) is 1.45. The summed E-state index contributed by atoms with van der Waals surface area (Å²) in [7, 11) is 3.23. The number of benzene rings is 3. The van der Waals surface area contributed by atoms with Gasteiger partial charge in [-0.25, -0.2) is 4.79 Å². The van der Waals surface area contributed by atoms with Crippen molar-refractivity contribution in [3.63, 3.8) is 0 Å². The van der Waals surface area contributed by atoms with Crippen LogP contribution in [0.4, 0.5) is 10.5 Å². The summed E-state index contributed by atoms with van der Waals surface area (Å²) in [6, 6.07) is 25.0. The average Bonchev–Trinajstić information content (AvgIpc) is 2.93. The number of anilines is 1. The average molecular weight is 488 g/mol. The summed E-state index contributed by atoms with van der Waals surface area (Å²) in [5.41, 5.74) is 2.91. The topological polar surface area (TPSA) is 79.9 Å². The van der Waals surface area contributed by atoms with Gasteiger partial charge in [0.2, 0.25) is 5.91 Å². The molecular formula is C29H33N3O4. The monoisotopic (exact) mass is 487 g/mol. The Labute approximate surface area is 212 Å². The number of methoxy groups -OCH3 is 2. The van der Waals surface area contributed by atoms with Crippen LogP contribution in [0.15, 0.2) is 78.9 Å². The normalized spacial score (nSPS) is 17.2. The molecule has 1 aliphatic heterocycles. The molecule has 1 fully saturated rings. The Bertz CT molecular complexity index is 1150. The lowest BCUT2D eigenvalue weighted by Gasteiger charge is -2.37. The van der Waals surface area contributed by atoms with Gasteiger partial charge in [0.15, 0.2) is 0 Å². The van der Waals surface area contributed by atoms with Crippen molar-refractivity contribution in [2.75, 3.05) is 39.2 Å². The standard InChI is InChI=1S/C29H33N3O4/c1-35-26-13-11-21(12-14-26)15-16-30-28(33)24-17-23(22-7-4-3-5-8-22)19-32(20-24)29(34)31-25-9-6-10-27(18-25)36-2/h3-14,18,23-24H,15-17,19-20H2,1-2H3,(H,30,33)(H,31,34). The highest BCUT2D eigenvalue weighted by Gasteiger charge is 2.34. The Balaban J connectivity index is 1.41. The summed E-state index contributed by atoms with van der Waals surface area (Å²) in [5.74, 6) is 1.24. The minimum Gasteiger partial charge on any atom is -0.497 e. The number of rotatable bonds is 8. The van der Waals surface area contributed by atoms with Gasteiger partial charge in [-0.15, -0.1) is 0 Å². The van der Waals surface area contributed by atoms with Crippen LogP contribution in [0.25, 0.3) is 0 Å². The third kappa shape index (κ3) is 6.56. The Kier molecular flexibility index (Phi) is 8.44.